The second-order valence-corrected chi connectivity index (χ2v) is 7.42. The molecule has 0 saturated carbocycles. The molecule has 3 nitrogen and oxygen atoms in total. The van der Waals surface area contributed by atoms with Crippen LogP contribution in [0.25, 0.3) is 0 Å². The van der Waals surface area contributed by atoms with Gasteiger partial charge in [0.25, 0.3) is 0 Å². The van der Waals surface area contributed by atoms with Gasteiger partial charge in [0.1, 0.15) is 12.4 Å². The number of rotatable bonds is 6. The normalized spacial score (nSPS) is 11.0. The maximum absolute atomic E-state index is 6.35. The number of ether oxygens (including phenoxy) is 2. The van der Waals surface area contributed by atoms with E-state index in [4.69, 9.17) is 32.7 Å². The van der Waals surface area contributed by atoms with Crippen molar-refractivity contribution in [2.24, 2.45) is 4.99 Å². The van der Waals surface area contributed by atoms with Gasteiger partial charge in [-0.1, -0.05) is 51.3 Å². The first kappa shape index (κ1) is 19.7. The first-order valence-corrected chi connectivity index (χ1v) is 9.64. The molecular formula is C21H16BrCl2NO2. The van der Waals surface area contributed by atoms with Gasteiger partial charge in [-0.05, 0) is 59.7 Å². The summed E-state index contributed by atoms with van der Waals surface area (Å²) in [5.74, 6) is 1.25. The monoisotopic (exact) mass is 463 g/mol. The fourth-order valence-electron chi connectivity index (χ4n) is 2.35. The van der Waals surface area contributed by atoms with Crippen LogP contribution in [0.15, 0.2) is 70.1 Å². The van der Waals surface area contributed by atoms with Crippen molar-refractivity contribution in [3.63, 3.8) is 0 Å². The zero-order chi connectivity index (χ0) is 19.2. The molecule has 0 fully saturated rings. The van der Waals surface area contributed by atoms with E-state index >= 15 is 0 Å². The summed E-state index contributed by atoms with van der Waals surface area (Å²) < 4.78 is 11.9. The quantitative estimate of drug-likeness (QED) is 0.364. The highest BCUT2D eigenvalue weighted by Gasteiger charge is 2.09. The lowest BCUT2D eigenvalue weighted by atomic mass is 10.2. The summed E-state index contributed by atoms with van der Waals surface area (Å²) in [4.78, 5) is 4.42. The van der Waals surface area contributed by atoms with Crippen LogP contribution in [-0.4, -0.2) is 13.3 Å². The second-order valence-electron chi connectivity index (χ2n) is 5.69. The van der Waals surface area contributed by atoms with Crippen LogP contribution < -0.4 is 9.47 Å². The molecule has 0 bridgehead atoms. The third-order valence-electron chi connectivity index (χ3n) is 3.75. The van der Waals surface area contributed by atoms with E-state index in [0.29, 0.717) is 22.4 Å². The summed E-state index contributed by atoms with van der Waals surface area (Å²) in [6, 6.07) is 18.9. The van der Waals surface area contributed by atoms with Gasteiger partial charge < -0.3 is 9.47 Å². The Morgan fingerprint density at radius 1 is 0.963 bits per heavy atom. The molecule has 0 spiro atoms. The number of aliphatic imine (C=N–C) groups is 1. The van der Waals surface area contributed by atoms with E-state index in [2.05, 4.69) is 20.9 Å². The van der Waals surface area contributed by atoms with Gasteiger partial charge in [0.15, 0.2) is 5.75 Å². The van der Waals surface area contributed by atoms with Gasteiger partial charge in [-0.15, -0.1) is 0 Å². The molecule has 0 amide bonds. The van der Waals surface area contributed by atoms with Crippen molar-refractivity contribution in [2.45, 2.75) is 6.61 Å². The highest BCUT2D eigenvalue weighted by molar-refractivity contribution is 9.10. The molecule has 3 aromatic carbocycles. The van der Waals surface area contributed by atoms with Gasteiger partial charge in [0.2, 0.25) is 0 Å². The van der Waals surface area contributed by atoms with Crippen molar-refractivity contribution in [2.75, 3.05) is 7.11 Å². The number of hydrogen-bond acceptors (Lipinski definition) is 3. The van der Waals surface area contributed by atoms with Gasteiger partial charge in [-0.3, -0.25) is 4.99 Å². The van der Waals surface area contributed by atoms with E-state index in [1.165, 1.54) is 0 Å². The molecule has 0 N–H and O–H groups in total. The van der Waals surface area contributed by atoms with Gasteiger partial charge >= 0.3 is 0 Å². The van der Waals surface area contributed by atoms with E-state index in [-0.39, 0.29) is 0 Å². The minimum absolute atomic E-state index is 0.381. The molecule has 0 atom stereocenters. The molecule has 3 rings (SSSR count). The number of hydrogen-bond donors (Lipinski definition) is 0. The van der Waals surface area contributed by atoms with Gasteiger partial charge in [0.05, 0.1) is 22.8 Å². The van der Waals surface area contributed by atoms with E-state index in [0.717, 1.165) is 27.0 Å². The Hall–Kier alpha value is -2.01. The van der Waals surface area contributed by atoms with Crippen LogP contribution in [0.1, 0.15) is 11.1 Å². The van der Waals surface area contributed by atoms with Crippen LogP contribution in [-0.2, 0) is 6.61 Å². The molecule has 0 saturated heterocycles. The fraction of sp³-hybridized carbons (Fsp3) is 0.0952. The molecule has 138 valence electrons. The summed E-state index contributed by atoms with van der Waals surface area (Å²) in [5, 5.41) is 0.881. The summed E-state index contributed by atoms with van der Waals surface area (Å²) in [7, 11) is 1.63. The van der Waals surface area contributed by atoms with Crippen LogP contribution in [0.3, 0.4) is 0 Å². The number of nitrogens with zero attached hydrogens (tertiary/aromatic N) is 1. The van der Waals surface area contributed by atoms with Crippen molar-refractivity contribution in [3.05, 3.63) is 86.3 Å². The standard InChI is InChI=1S/C21H16BrCl2NO2/c1-26-18-8-6-17(7-9-18)25-12-15-10-19(23)21(20(24)11-15)27-13-14-2-4-16(22)5-3-14/h2-12H,13H2,1H3. The molecule has 6 heteroatoms. The second kappa shape index (κ2) is 9.27. The molecule has 0 aromatic heterocycles. The maximum Gasteiger partial charge on any atom is 0.157 e. The fourth-order valence-corrected chi connectivity index (χ4v) is 3.22. The lowest BCUT2D eigenvalue weighted by molar-refractivity contribution is 0.306. The number of benzene rings is 3. The summed E-state index contributed by atoms with van der Waals surface area (Å²) >= 11 is 16.1. The zero-order valence-electron chi connectivity index (χ0n) is 14.5. The van der Waals surface area contributed by atoms with E-state index in [9.17, 15) is 0 Å². The topological polar surface area (TPSA) is 30.8 Å². The van der Waals surface area contributed by atoms with Gasteiger partial charge in [-0.25, -0.2) is 0 Å². The van der Waals surface area contributed by atoms with Gasteiger partial charge in [0, 0.05) is 10.7 Å². The molecular weight excluding hydrogens is 449 g/mol. The number of halogens is 3. The SMILES string of the molecule is COc1ccc(N=Cc2cc(Cl)c(OCc3ccc(Br)cc3)c(Cl)c2)cc1. The van der Waals surface area contributed by atoms with Gasteiger partial charge in [-0.2, -0.15) is 0 Å². The Labute approximate surface area is 176 Å². The lowest BCUT2D eigenvalue weighted by Crippen LogP contribution is -1.97. The Morgan fingerprint density at radius 3 is 2.19 bits per heavy atom. The van der Waals surface area contributed by atoms with Crippen LogP contribution in [0.4, 0.5) is 5.69 Å². The molecule has 3 aromatic rings. The van der Waals surface area contributed by atoms with Crippen molar-refractivity contribution >= 4 is 51.0 Å². The molecule has 0 aliphatic rings. The van der Waals surface area contributed by atoms with Crippen LogP contribution in [0, 0.1) is 0 Å². The minimum atomic E-state index is 0.381. The molecule has 0 unspecified atom stereocenters. The highest BCUT2D eigenvalue weighted by atomic mass is 79.9. The van der Waals surface area contributed by atoms with Crippen molar-refractivity contribution < 1.29 is 9.47 Å². The third-order valence-corrected chi connectivity index (χ3v) is 4.84. The summed E-state index contributed by atoms with van der Waals surface area (Å²) in [5.41, 5.74) is 2.62. The summed E-state index contributed by atoms with van der Waals surface area (Å²) in [6.07, 6.45) is 1.71. The molecule has 0 aliphatic carbocycles. The highest BCUT2D eigenvalue weighted by Crippen LogP contribution is 2.34. The zero-order valence-corrected chi connectivity index (χ0v) is 17.6. The van der Waals surface area contributed by atoms with Crippen LogP contribution in [0.5, 0.6) is 11.5 Å². The lowest BCUT2D eigenvalue weighted by Gasteiger charge is -2.11. The Kier molecular flexibility index (Phi) is 6.78. The number of methoxy groups -OCH3 is 1. The first-order chi connectivity index (χ1) is 13.0. The van der Waals surface area contributed by atoms with E-state index < -0.39 is 0 Å². The van der Waals surface area contributed by atoms with Crippen LogP contribution >= 0.6 is 39.1 Å². The molecule has 27 heavy (non-hydrogen) atoms. The van der Waals surface area contributed by atoms with Crippen molar-refractivity contribution in [1.82, 2.24) is 0 Å². The van der Waals surface area contributed by atoms with E-state index in [1.807, 2.05) is 48.5 Å². The molecule has 0 heterocycles. The Bertz CT molecular complexity index is 918. The van der Waals surface area contributed by atoms with Crippen molar-refractivity contribution in [1.29, 1.82) is 0 Å². The predicted molar refractivity (Wildman–Crippen MR) is 115 cm³/mol. The minimum Gasteiger partial charge on any atom is -0.497 e. The average molecular weight is 465 g/mol. The predicted octanol–water partition coefficient (Wildman–Crippen LogP) is 7.09. The van der Waals surface area contributed by atoms with E-state index in [1.54, 1.807) is 25.5 Å². The Balaban J connectivity index is 1.71. The smallest absolute Gasteiger partial charge is 0.157 e. The first-order valence-electron chi connectivity index (χ1n) is 8.09. The average Bonchev–Trinajstić information content (AvgIpc) is 2.67. The van der Waals surface area contributed by atoms with Crippen LogP contribution in [0.2, 0.25) is 10.0 Å². The summed E-state index contributed by atoms with van der Waals surface area (Å²) in [6.45, 7) is 0.381. The third kappa shape index (κ3) is 5.48. The molecule has 0 aliphatic heterocycles. The maximum atomic E-state index is 6.35. The largest absolute Gasteiger partial charge is 0.497 e. The Morgan fingerprint density at radius 2 is 1.59 bits per heavy atom. The molecule has 0 radical (unpaired) electrons. The van der Waals surface area contributed by atoms with Crippen molar-refractivity contribution in [3.8, 4) is 11.5 Å².